The van der Waals surface area contributed by atoms with Gasteiger partial charge < -0.3 is 10.4 Å². The molecule has 0 bridgehead atoms. The first kappa shape index (κ1) is 17.8. The lowest BCUT2D eigenvalue weighted by Crippen LogP contribution is -2.32. The first-order valence-corrected chi connectivity index (χ1v) is 8.73. The molecule has 2 aromatic heterocycles. The molecule has 2 heterocycles. The highest BCUT2D eigenvalue weighted by Gasteiger charge is 2.19. The Kier molecular flexibility index (Phi) is 4.85. The molecule has 2 N–H and O–H groups in total. The fourth-order valence-corrected chi connectivity index (χ4v) is 3.67. The molecule has 0 aliphatic rings. The van der Waals surface area contributed by atoms with Crippen LogP contribution in [0.25, 0.3) is 10.2 Å². The Morgan fingerprint density at radius 2 is 2.00 bits per heavy atom. The van der Waals surface area contributed by atoms with Crippen LogP contribution in [0.4, 0.5) is 0 Å². The Morgan fingerprint density at radius 1 is 1.27 bits per heavy atom. The van der Waals surface area contributed by atoms with Gasteiger partial charge in [0.05, 0.1) is 11.7 Å². The highest BCUT2D eigenvalue weighted by molar-refractivity contribution is 7.20. The molecule has 3 rings (SSSR count). The zero-order valence-corrected chi connectivity index (χ0v) is 15.1. The van der Waals surface area contributed by atoms with Crippen molar-refractivity contribution in [3.8, 4) is 0 Å². The number of carbonyl (C=O) groups is 2. The number of aromatic carboxylic acids is 1. The van der Waals surface area contributed by atoms with Crippen LogP contribution in [-0.4, -0.2) is 26.5 Å². The first-order valence-electron chi connectivity index (χ1n) is 7.91. The molecule has 26 heavy (non-hydrogen) atoms. The van der Waals surface area contributed by atoms with Crippen LogP contribution in [0.15, 0.2) is 35.4 Å². The minimum absolute atomic E-state index is 0.0892. The zero-order chi connectivity index (χ0) is 18.8. The van der Waals surface area contributed by atoms with Crippen molar-refractivity contribution in [3.63, 3.8) is 0 Å². The summed E-state index contributed by atoms with van der Waals surface area (Å²) >= 11 is 0.958. The molecule has 3 aromatic rings. The molecule has 0 fully saturated rings. The van der Waals surface area contributed by atoms with Crippen molar-refractivity contribution in [2.24, 2.45) is 0 Å². The van der Waals surface area contributed by atoms with E-state index in [4.69, 9.17) is 0 Å². The fraction of sp³-hybridized carbons (Fsp3) is 0.222. The molecular formula is C18H17N3O4S. The molecule has 0 saturated heterocycles. The maximum atomic E-state index is 12.6. The number of benzene rings is 1. The van der Waals surface area contributed by atoms with Gasteiger partial charge in [-0.15, -0.1) is 11.3 Å². The monoisotopic (exact) mass is 371 g/mol. The van der Waals surface area contributed by atoms with Crippen LogP contribution in [0.3, 0.4) is 0 Å². The van der Waals surface area contributed by atoms with Crippen molar-refractivity contribution in [1.29, 1.82) is 0 Å². The predicted octanol–water partition coefficient (Wildman–Crippen LogP) is 2.09. The number of fused-ring (bicyclic) bond motifs is 1. The van der Waals surface area contributed by atoms with Crippen molar-refractivity contribution >= 4 is 33.4 Å². The van der Waals surface area contributed by atoms with Gasteiger partial charge in [-0.2, -0.15) is 0 Å². The Labute approximate surface area is 152 Å². The quantitative estimate of drug-likeness (QED) is 0.715. The highest BCUT2D eigenvalue weighted by Crippen LogP contribution is 2.26. The van der Waals surface area contributed by atoms with Gasteiger partial charge in [0.1, 0.15) is 16.3 Å². The number of rotatable bonds is 5. The van der Waals surface area contributed by atoms with Gasteiger partial charge >= 0.3 is 5.97 Å². The lowest BCUT2D eigenvalue weighted by molar-refractivity contribution is -0.121. The number of thiophene rings is 1. The van der Waals surface area contributed by atoms with Crippen LogP contribution >= 0.6 is 11.3 Å². The average molecular weight is 371 g/mol. The van der Waals surface area contributed by atoms with Crippen LogP contribution < -0.4 is 10.9 Å². The second kappa shape index (κ2) is 7.09. The molecule has 0 atom stereocenters. The van der Waals surface area contributed by atoms with Crippen LogP contribution in [0, 0.1) is 13.8 Å². The van der Waals surface area contributed by atoms with Gasteiger partial charge in [-0.3, -0.25) is 14.2 Å². The molecule has 0 radical (unpaired) electrons. The molecule has 0 aliphatic heterocycles. The third kappa shape index (κ3) is 3.36. The van der Waals surface area contributed by atoms with Gasteiger partial charge in [0, 0.05) is 6.54 Å². The molecular weight excluding hydrogens is 354 g/mol. The van der Waals surface area contributed by atoms with Crippen LogP contribution in [0.1, 0.15) is 26.4 Å². The lowest BCUT2D eigenvalue weighted by atomic mass is 10.1. The summed E-state index contributed by atoms with van der Waals surface area (Å²) in [7, 11) is 0. The Morgan fingerprint density at radius 3 is 2.69 bits per heavy atom. The number of hydrogen-bond donors (Lipinski definition) is 2. The third-order valence-electron chi connectivity index (χ3n) is 4.16. The van der Waals surface area contributed by atoms with Crippen molar-refractivity contribution in [2.75, 3.05) is 0 Å². The van der Waals surface area contributed by atoms with Gasteiger partial charge in [-0.25, -0.2) is 9.78 Å². The van der Waals surface area contributed by atoms with E-state index in [0.29, 0.717) is 16.9 Å². The molecule has 1 amide bonds. The standard InChI is InChI=1S/C18H17N3O4S/c1-10-5-3-4-6-12(10)7-19-13(22)8-21-9-20-16-14(17(21)23)11(2)15(26-16)18(24)25/h3-6,9H,7-8H2,1-2H3,(H,19,22)(H,24,25). The zero-order valence-electron chi connectivity index (χ0n) is 14.3. The smallest absolute Gasteiger partial charge is 0.346 e. The average Bonchev–Trinajstić information content (AvgIpc) is 2.94. The van der Waals surface area contributed by atoms with Gasteiger partial charge in [-0.1, -0.05) is 24.3 Å². The minimum Gasteiger partial charge on any atom is -0.477 e. The summed E-state index contributed by atoms with van der Waals surface area (Å²) in [4.78, 5) is 40.6. The van der Waals surface area contributed by atoms with E-state index in [1.54, 1.807) is 6.92 Å². The molecule has 0 aliphatic carbocycles. The largest absolute Gasteiger partial charge is 0.477 e. The Bertz CT molecular complexity index is 1070. The number of nitrogens with zero attached hydrogens (tertiary/aromatic N) is 2. The Balaban J connectivity index is 1.80. The first-order chi connectivity index (χ1) is 12.4. The Hall–Kier alpha value is -3.00. The molecule has 7 nitrogen and oxygen atoms in total. The van der Waals surface area contributed by atoms with E-state index in [2.05, 4.69) is 10.3 Å². The van der Waals surface area contributed by atoms with E-state index >= 15 is 0 Å². The van der Waals surface area contributed by atoms with Crippen LogP contribution in [0.5, 0.6) is 0 Å². The number of carboxylic acids is 1. The van der Waals surface area contributed by atoms with Crippen molar-refractivity contribution < 1.29 is 14.7 Å². The van der Waals surface area contributed by atoms with Gasteiger partial charge in [-0.05, 0) is 30.5 Å². The number of carbonyl (C=O) groups excluding carboxylic acids is 1. The van der Waals surface area contributed by atoms with E-state index in [-0.39, 0.29) is 22.7 Å². The number of aromatic nitrogens is 2. The minimum atomic E-state index is -1.09. The van der Waals surface area contributed by atoms with Gasteiger partial charge in [0.2, 0.25) is 5.91 Å². The number of nitrogens with one attached hydrogen (secondary N) is 1. The number of carboxylic acid groups (broad SMARTS) is 1. The maximum absolute atomic E-state index is 12.6. The normalized spacial score (nSPS) is 10.8. The predicted molar refractivity (Wildman–Crippen MR) is 98.6 cm³/mol. The highest BCUT2D eigenvalue weighted by atomic mass is 32.1. The van der Waals surface area contributed by atoms with Crippen molar-refractivity contribution in [1.82, 2.24) is 14.9 Å². The van der Waals surface area contributed by atoms with E-state index in [1.807, 2.05) is 31.2 Å². The van der Waals surface area contributed by atoms with Crippen molar-refractivity contribution in [2.45, 2.75) is 26.9 Å². The summed E-state index contributed by atoms with van der Waals surface area (Å²) < 4.78 is 1.20. The number of aryl methyl sites for hydroxylation is 2. The number of amides is 1. The van der Waals surface area contributed by atoms with E-state index in [0.717, 1.165) is 22.5 Å². The van der Waals surface area contributed by atoms with E-state index in [9.17, 15) is 19.5 Å². The second-order valence-corrected chi connectivity index (χ2v) is 6.92. The second-order valence-electron chi connectivity index (χ2n) is 5.92. The van der Waals surface area contributed by atoms with E-state index < -0.39 is 11.5 Å². The maximum Gasteiger partial charge on any atom is 0.346 e. The summed E-state index contributed by atoms with van der Waals surface area (Å²) in [6, 6.07) is 7.71. The number of hydrogen-bond acceptors (Lipinski definition) is 5. The summed E-state index contributed by atoms with van der Waals surface area (Å²) in [5.41, 5.74) is 2.04. The molecule has 1 aromatic carbocycles. The third-order valence-corrected chi connectivity index (χ3v) is 5.35. The summed E-state index contributed by atoms with van der Waals surface area (Å²) in [5, 5.41) is 12.2. The van der Waals surface area contributed by atoms with Crippen LogP contribution in [-0.2, 0) is 17.9 Å². The van der Waals surface area contributed by atoms with E-state index in [1.165, 1.54) is 10.9 Å². The molecule has 134 valence electrons. The molecule has 8 heteroatoms. The van der Waals surface area contributed by atoms with Crippen LogP contribution in [0.2, 0.25) is 0 Å². The topological polar surface area (TPSA) is 101 Å². The van der Waals surface area contributed by atoms with Gasteiger partial charge in [0.25, 0.3) is 5.56 Å². The molecule has 0 saturated carbocycles. The van der Waals surface area contributed by atoms with Crippen molar-refractivity contribution in [3.05, 3.63) is 62.5 Å². The molecule has 0 spiro atoms. The summed E-state index contributed by atoms with van der Waals surface area (Å²) in [6.45, 7) is 3.74. The van der Waals surface area contributed by atoms with Gasteiger partial charge in [0.15, 0.2) is 0 Å². The fourth-order valence-electron chi connectivity index (χ4n) is 2.69. The summed E-state index contributed by atoms with van der Waals surface area (Å²) in [5.74, 6) is -1.41. The summed E-state index contributed by atoms with van der Waals surface area (Å²) in [6.07, 6.45) is 1.28. The SMILES string of the molecule is Cc1ccccc1CNC(=O)Cn1cnc2sc(C(=O)O)c(C)c2c1=O. The lowest BCUT2D eigenvalue weighted by Gasteiger charge is -2.09. The molecule has 0 unspecified atom stereocenters.